The average molecular weight is 415 g/mol. The van der Waals surface area contributed by atoms with Gasteiger partial charge >= 0.3 is 11.7 Å². The van der Waals surface area contributed by atoms with Crippen LogP contribution in [-0.2, 0) is 13.1 Å². The number of hydrogen-bond donors (Lipinski definition) is 2. The van der Waals surface area contributed by atoms with E-state index in [0.29, 0.717) is 6.54 Å². The Morgan fingerprint density at radius 2 is 1.93 bits per heavy atom. The van der Waals surface area contributed by atoms with Gasteiger partial charge in [0.05, 0.1) is 4.92 Å². The highest BCUT2D eigenvalue weighted by Crippen LogP contribution is 2.30. The molecule has 0 spiro atoms. The van der Waals surface area contributed by atoms with E-state index >= 15 is 0 Å². The predicted octanol–water partition coefficient (Wildman–Crippen LogP) is 3.74. The zero-order valence-electron chi connectivity index (χ0n) is 17.6. The van der Waals surface area contributed by atoms with Gasteiger partial charge in [-0.2, -0.15) is 9.97 Å². The second kappa shape index (κ2) is 10.2. The van der Waals surface area contributed by atoms with Crippen LogP contribution in [-0.4, -0.2) is 39.0 Å². The van der Waals surface area contributed by atoms with Gasteiger partial charge in [0.2, 0.25) is 11.6 Å². The molecule has 0 bridgehead atoms. The SMILES string of the molecule is CCC(CC)Oc1nc(N)c([N+](=O)[O-])c(NCc2cccc(CN3CCCC3)c2)n1. The summed E-state index contributed by atoms with van der Waals surface area (Å²) in [6.45, 7) is 7.56. The minimum Gasteiger partial charge on any atom is -0.460 e. The number of hydrogen-bond acceptors (Lipinski definition) is 8. The Morgan fingerprint density at radius 1 is 1.23 bits per heavy atom. The molecule has 2 aromatic rings. The topological polar surface area (TPSA) is 119 Å². The smallest absolute Gasteiger partial charge is 0.353 e. The van der Waals surface area contributed by atoms with Crippen molar-refractivity contribution in [1.29, 1.82) is 0 Å². The maximum Gasteiger partial charge on any atom is 0.353 e. The van der Waals surface area contributed by atoms with Gasteiger partial charge < -0.3 is 15.8 Å². The molecule has 0 saturated carbocycles. The number of nitrogens with zero attached hydrogens (tertiary/aromatic N) is 4. The molecule has 9 heteroatoms. The molecule has 0 amide bonds. The fourth-order valence-corrected chi connectivity index (χ4v) is 3.63. The molecule has 1 fully saturated rings. The Kier molecular flexibility index (Phi) is 7.40. The fourth-order valence-electron chi connectivity index (χ4n) is 3.63. The van der Waals surface area contributed by atoms with Crippen LogP contribution >= 0.6 is 0 Å². The molecule has 3 N–H and O–H groups in total. The lowest BCUT2D eigenvalue weighted by molar-refractivity contribution is -0.383. The Morgan fingerprint density at radius 3 is 2.60 bits per heavy atom. The van der Waals surface area contributed by atoms with Crippen LogP contribution in [0.1, 0.15) is 50.7 Å². The summed E-state index contributed by atoms with van der Waals surface area (Å²) in [4.78, 5) is 21.6. The molecular weight excluding hydrogens is 384 g/mol. The molecule has 0 unspecified atom stereocenters. The summed E-state index contributed by atoms with van der Waals surface area (Å²) < 4.78 is 5.74. The monoisotopic (exact) mass is 414 g/mol. The molecule has 9 nitrogen and oxygen atoms in total. The third-order valence-corrected chi connectivity index (χ3v) is 5.31. The summed E-state index contributed by atoms with van der Waals surface area (Å²) in [5.74, 6) is -0.139. The Hall–Kier alpha value is -2.94. The van der Waals surface area contributed by atoms with Crippen LogP contribution in [0.2, 0.25) is 0 Å². The van der Waals surface area contributed by atoms with Crippen molar-refractivity contribution < 1.29 is 9.66 Å². The molecule has 0 radical (unpaired) electrons. The highest BCUT2D eigenvalue weighted by Gasteiger charge is 2.24. The largest absolute Gasteiger partial charge is 0.460 e. The second-order valence-electron chi connectivity index (χ2n) is 7.56. The number of benzene rings is 1. The first-order valence-corrected chi connectivity index (χ1v) is 10.5. The highest BCUT2D eigenvalue weighted by molar-refractivity contribution is 5.68. The van der Waals surface area contributed by atoms with Gasteiger partial charge in [-0.1, -0.05) is 38.1 Å². The van der Waals surface area contributed by atoms with Crippen molar-refractivity contribution >= 4 is 17.3 Å². The van der Waals surface area contributed by atoms with E-state index < -0.39 is 4.92 Å². The minimum atomic E-state index is -0.567. The lowest BCUT2D eigenvalue weighted by atomic mass is 10.1. The predicted molar refractivity (Wildman–Crippen MR) is 116 cm³/mol. The number of nitro groups is 1. The summed E-state index contributed by atoms with van der Waals surface area (Å²) in [6.07, 6.45) is 4.00. The molecule has 162 valence electrons. The number of aromatic nitrogens is 2. The number of ether oxygens (including phenoxy) is 1. The van der Waals surface area contributed by atoms with Crippen molar-refractivity contribution in [2.24, 2.45) is 0 Å². The first kappa shape index (κ1) is 21.8. The standard InChI is InChI=1S/C21H30N6O3/c1-3-17(4-2)30-21-24-19(22)18(27(28)29)20(25-21)23-13-15-8-7-9-16(12-15)14-26-10-5-6-11-26/h7-9,12,17H,3-6,10-11,13-14H2,1-2H3,(H3,22,23,24,25). The number of likely N-dealkylation sites (tertiary alicyclic amines) is 1. The average Bonchev–Trinajstić information content (AvgIpc) is 3.23. The first-order chi connectivity index (χ1) is 14.5. The first-order valence-electron chi connectivity index (χ1n) is 10.5. The van der Waals surface area contributed by atoms with E-state index in [0.717, 1.165) is 38.0 Å². The van der Waals surface area contributed by atoms with Gasteiger partial charge in [0.25, 0.3) is 0 Å². The van der Waals surface area contributed by atoms with Gasteiger partial charge in [-0.05, 0) is 49.9 Å². The number of anilines is 2. The van der Waals surface area contributed by atoms with Gasteiger partial charge in [0.15, 0.2) is 0 Å². The second-order valence-corrected chi connectivity index (χ2v) is 7.56. The Bertz CT molecular complexity index is 866. The van der Waals surface area contributed by atoms with E-state index in [1.807, 2.05) is 26.0 Å². The normalized spacial score (nSPS) is 14.2. The molecule has 30 heavy (non-hydrogen) atoms. The van der Waals surface area contributed by atoms with Crippen molar-refractivity contribution in [1.82, 2.24) is 14.9 Å². The van der Waals surface area contributed by atoms with Crippen molar-refractivity contribution in [2.75, 3.05) is 24.1 Å². The zero-order chi connectivity index (χ0) is 21.5. The van der Waals surface area contributed by atoms with Gasteiger partial charge in [-0.25, -0.2) is 0 Å². The Labute approximate surface area is 176 Å². The molecule has 0 aliphatic carbocycles. The van der Waals surface area contributed by atoms with Crippen LogP contribution < -0.4 is 15.8 Å². The van der Waals surface area contributed by atoms with Gasteiger partial charge in [-0.3, -0.25) is 15.0 Å². The van der Waals surface area contributed by atoms with Gasteiger partial charge in [0, 0.05) is 13.1 Å². The van der Waals surface area contributed by atoms with Crippen LogP contribution in [0.3, 0.4) is 0 Å². The summed E-state index contributed by atoms with van der Waals surface area (Å²) in [5.41, 5.74) is 7.76. The van der Waals surface area contributed by atoms with Crippen LogP contribution in [0.5, 0.6) is 6.01 Å². The van der Waals surface area contributed by atoms with E-state index in [-0.39, 0.29) is 29.4 Å². The quantitative estimate of drug-likeness (QED) is 0.446. The van der Waals surface area contributed by atoms with Crippen molar-refractivity contribution in [3.05, 3.63) is 45.5 Å². The van der Waals surface area contributed by atoms with E-state index in [2.05, 4.69) is 32.3 Å². The summed E-state index contributed by atoms with van der Waals surface area (Å²) >= 11 is 0. The van der Waals surface area contributed by atoms with E-state index in [1.54, 1.807) is 0 Å². The zero-order valence-corrected chi connectivity index (χ0v) is 17.6. The molecule has 1 aromatic heterocycles. The van der Waals surface area contributed by atoms with E-state index in [1.165, 1.54) is 18.4 Å². The molecule has 1 aromatic carbocycles. The van der Waals surface area contributed by atoms with Gasteiger partial charge in [-0.15, -0.1) is 0 Å². The maximum atomic E-state index is 11.5. The number of nitrogen functional groups attached to an aromatic ring is 1. The van der Waals surface area contributed by atoms with Crippen LogP contribution in [0.4, 0.5) is 17.3 Å². The van der Waals surface area contributed by atoms with Gasteiger partial charge in [0.1, 0.15) is 6.10 Å². The Balaban J connectivity index is 1.76. The molecule has 2 heterocycles. The summed E-state index contributed by atoms with van der Waals surface area (Å²) in [6, 6.07) is 8.26. The van der Waals surface area contributed by atoms with E-state index in [9.17, 15) is 10.1 Å². The minimum absolute atomic E-state index is 0.0529. The van der Waals surface area contributed by atoms with Crippen LogP contribution in [0, 0.1) is 10.1 Å². The fraction of sp³-hybridized carbons (Fsp3) is 0.524. The highest BCUT2D eigenvalue weighted by atomic mass is 16.6. The molecule has 0 atom stereocenters. The molecule has 1 aliphatic heterocycles. The van der Waals surface area contributed by atoms with Crippen LogP contribution in [0.15, 0.2) is 24.3 Å². The summed E-state index contributed by atoms with van der Waals surface area (Å²) in [7, 11) is 0. The van der Waals surface area contributed by atoms with Crippen LogP contribution in [0.25, 0.3) is 0 Å². The number of rotatable bonds is 10. The molecule has 3 rings (SSSR count). The maximum absolute atomic E-state index is 11.5. The molecular formula is C21H30N6O3. The molecule has 1 aliphatic rings. The molecule has 1 saturated heterocycles. The number of nitrogens with one attached hydrogen (secondary N) is 1. The summed E-state index contributed by atoms with van der Waals surface area (Å²) in [5, 5.41) is 14.6. The van der Waals surface area contributed by atoms with E-state index in [4.69, 9.17) is 10.5 Å². The van der Waals surface area contributed by atoms with Crippen molar-refractivity contribution in [2.45, 2.75) is 58.7 Å². The lowest BCUT2D eigenvalue weighted by Gasteiger charge is -2.16. The third kappa shape index (κ3) is 5.56. The van der Waals surface area contributed by atoms with Crippen molar-refractivity contribution in [3.63, 3.8) is 0 Å². The lowest BCUT2D eigenvalue weighted by Crippen LogP contribution is -2.18. The number of nitrogens with two attached hydrogens (primary N) is 1. The van der Waals surface area contributed by atoms with Crippen molar-refractivity contribution in [3.8, 4) is 6.01 Å². The third-order valence-electron chi connectivity index (χ3n) is 5.31.